The quantitative estimate of drug-likeness (QED) is 0.755. The highest BCUT2D eigenvalue weighted by atomic mass is 16.6. The molecule has 1 amide bonds. The third kappa shape index (κ3) is 5.08. The number of carbonyl (C=O) groups excluding carboxylic acids is 2. The Bertz CT molecular complexity index is 626. The van der Waals surface area contributed by atoms with Crippen LogP contribution in [-0.4, -0.2) is 42.8 Å². The normalized spacial score (nSPS) is 12.9. The molecular formula is C20H29NO4. The van der Waals surface area contributed by atoms with Gasteiger partial charge in [-0.3, -0.25) is 4.90 Å². The Balaban J connectivity index is 3.25. The van der Waals surface area contributed by atoms with Gasteiger partial charge < -0.3 is 9.47 Å². The summed E-state index contributed by atoms with van der Waals surface area (Å²) in [5.74, 6) is -0.494. The number of hydrogen-bond acceptors (Lipinski definition) is 4. The fourth-order valence-corrected chi connectivity index (χ4v) is 2.69. The Morgan fingerprint density at radius 3 is 2.04 bits per heavy atom. The fourth-order valence-electron chi connectivity index (χ4n) is 2.69. The van der Waals surface area contributed by atoms with Crippen LogP contribution in [0.5, 0.6) is 0 Å². The van der Waals surface area contributed by atoms with Crippen LogP contribution in [0.15, 0.2) is 30.8 Å². The average Bonchev–Trinajstić information content (AvgIpc) is 2.52. The van der Waals surface area contributed by atoms with Gasteiger partial charge in [-0.1, -0.05) is 50.8 Å². The maximum absolute atomic E-state index is 12.5. The first kappa shape index (κ1) is 20.7. The van der Waals surface area contributed by atoms with Gasteiger partial charge in [-0.25, -0.2) is 9.59 Å². The molecule has 0 spiro atoms. The summed E-state index contributed by atoms with van der Waals surface area (Å²) in [6, 6.07) is 6.87. The van der Waals surface area contributed by atoms with Gasteiger partial charge in [0, 0.05) is 12.5 Å². The van der Waals surface area contributed by atoms with Crippen LogP contribution in [0.2, 0.25) is 0 Å². The van der Waals surface area contributed by atoms with Gasteiger partial charge in [0.15, 0.2) is 0 Å². The highest BCUT2D eigenvalue weighted by Crippen LogP contribution is 2.32. The highest BCUT2D eigenvalue weighted by Gasteiger charge is 2.43. The number of benzene rings is 1. The third-order valence-corrected chi connectivity index (χ3v) is 4.07. The number of ether oxygens (including phenoxy) is 2. The molecule has 1 aromatic rings. The lowest BCUT2D eigenvalue weighted by atomic mass is 9.77. The summed E-state index contributed by atoms with van der Waals surface area (Å²) in [5.41, 5.74) is 0.554. The van der Waals surface area contributed by atoms with Crippen molar-refractivity contribution in [1.82, 2.24) is 4.90 Å². The Morgan fingerprint density at radius 1 is 1.12 bits per heavy atom. The number of likely N-dealkylation sites (N-methyl/N-ethyl adjacent to an activating group) is 1. The van der Waals surface area contributed by atoms with Crippen molar-refractivity contribution in [3.63, 3.8) is 0 Å². The zero-order valence-corrected chi connectivity index (χ0v) is 16.3. The molecule has 0 saturated heterocycles. The van der Waals surface area contributed by atoms with Gasteiger partial charge in [0.1, 0.15) is 11.6 Å². The Labute approximate surface area is 150 Å². The van der Waals surface area contributed by atoms with Gasteiger partial charge in [0.2, 0.25) is 0 Å². The van der Waals surface area contributed by atoms with E-state index in [-0.39, 0.29) is 0 Å². The maximum Gasteiger partial charge on any atom is 0.410 e. The van der Waals surface area contributed by atoms with Crippen molar-refractivity contribution in [2.75, 3.05) is 14.2 Å². The minimum atomic E-state index is -0.832. The average molecular weight is 347 g/mol. The molecule has 0 heterocycles. The molecule has 25 heavy (non-hydrogen) atoms. The highest BCUT2D eigenvalue weighted by molar-refractivity contribution is 5.83. The van der Waals surface area contributed by atoms with Crippen LogP contribution >= 0.6 is 0 Å². The third-order valence-electron chi connectivity index (χ3n) is 4.07. The molecule has 5 nitrogen and oxygen atoms in total. The first-order chi connectivity index (χ1) is 11.4. The molecular weight excluding hydrogens is 318 g/mol. The molecule has 1 aromatic carbocycles. The van der Waals surface area contributed by atoms with E-state index in [2.05, 4.69) is 6.58 Å². The lowest BCUT2D eigenvalue weighted by Crippen LogP contribution is -2.54. The first-order valence-corrected chi connectivity index (χ1v) is 8.20. The summed E-state index contributed by atoms with van der Waals surface area (Å²) in [4.78, 5) is 26.3. The molecule has 0 aliphatic rings. The van der Waals surface area contributed by atoms with E-state index in [9.17, 15) is 9.59 Å². The zero-order valence-electron chi connectivity index (χ0n) is 16.3. The Morgan fingerprint density at radius 2 is 1.64 bits per heavy atom. The molecule has 0 aliphatic heterocycles. The van der Waals surface area contributed by atoms with Crippen molar-refractivity contribution < 1.29 is 19.1 Å². The van der Waals surface area contributed by atoms with Crippen LogP contribution < -0.4 is 0 Å². The van der Waals surface area contributed by atoms with Crippen LogP contribution in [0.3, 0.4) is 0 Å². The Hall–Kier alpha value is -2.30. The summed E-state index contributed by atoms with van der Waals surface area (Å²) in [5, 5.41) is 0. The van der Waals surface area contributed by atoms with E-state index < -0.39 is 29.1 Å². The summed E-state index contributed by atoms with van der Waals surface area (Å²) in [7, 11) is 2.87. The van der Waals surface area contributed by atoms with Gasteiger partial charge in [0.25, 0.3) is 0 Å². The lowest BCUT2D eigenvalue weighted by molar-refractivity contribution is -0.148. The number of carbonyl (C=O) groups is 2. The molecule has 0 radical (unpaired) electrons. The number of hydrogen-bond donors (Lipinski definition) is 0. The summed E-state index contributed by atoms with van der Waals surface area (Å²) in [6.45, 7) is 12.9. The summed E-state index contributed by atoms with van der Waals surface area (Å²) >= 11 is 0. The topological polar surface area (TPSA) is 55.8 Å². The molecule has 1 atom stereocenters. The lowest BCUT2D eigenvalue weighted by Gasteiger charge is -2.39. The van der Waals surface area contributed by atoms with Crippen LogP contribution in [0.4, 0.5) is 4.79 Å². The van der Waals surface area contributed by atoms with Crippen molar-refractivity contribution in [2.24, 2.45) is 0 Å². The molecule has 0 aliphatic carbocycles. The van der Waals surface area contributed by atoms with Crippen molar-refractivity contribution in [3.8, 4) is 0 Å². The van der Waals surface area contributed by atoms with E-state index in [0.29, 0.717) is 0 Å². The zero-order chi connectivity index (χ0) is 19.4. The Kier molecular flexibility index (Phi) is 6.41. The van der Waals surface area contributed by atoms with E-state index in [0.717, 1.165) is 11.1 Å². The summed E-state index contributed by atoms with van der Waals surface area (Å²) < 4.78 is 10.4. The van der Waals surface area contributed by atoms with E-state index in [1.807, 2.05) is 38.1 Å². The van der Waals surface area contributed by atoms with Crippen molar-refractivity contribution in [2.45, 2.75) is 51.7 Å². The smallest absolute Gasteiger partial charge is 0.410 e. The van der Waals surface area contributed by atoms with E-state index in [4.69, 9.17) is 9.47 Å². The van der Waals surface area contributed by atoms with Gasteiger partial charge in [-0.15, -0.1) is 0 Å². The van der Waals surface area contributed by atoms with Gasteiger partial charge in [-0.2, -0.15) is 0 Å². The molecule has 0 aromatic heterocycles. The number of amides is 1. The minimum absolute atomic E-state index is 0.494. The minimum Gasteiger partial charge on any atom is -0.467 e. The molecule has 0 saturated carbocycles. The second-order valence-corrected chi connectivity index (χ2v) is 7.56. The molecule has 0 N–H and O–H groups in total. The van der Waals surface area contributed by atoms with Crippen LogP contribution in [0.25, 0.3) is 6.08 Å². The van der Waals surface area contributed by atoms with E-state index in [1.54, 1.807) is 33.9 Å². The predicted octanol–water partition coefficient (Wildman–Crippen LogP) is 4.02. The number of methoxy groups -OCH3 is 1. The van der Waals surface area contributed by atoms with Gasteiger partial charge in [-0.05, 0) is 31.9 Å². The van der Waals surface area contributed by atoms with E-state index in [1.165, 1.54) is 12.0 Å². The number of rotatable bonds is 5. The SMILES string of the molecule is C=Cc1ccc(C(C)(C)[C@@H](C(=O)OC)N(C)C(=O)OC(C)(C)C)cc1. The maximum atomic E-state index is 12.5. The second kappa shape index (κ2) is 7.72. The molecule has 1 rings (SSSR count). The molecule has 0 unspecified atom stereocenters. The second-order valence-electron chi connectivity index (χ2n) is 7.56. The van der Waals surface area contributed by atoms with Crippen molar-refractivity contribution in [3.05, 3.63) is 42.0 Å². The largest absolute Gasteiger partial charge is 0.467 e. The van der Waals surface area contributed by atoms with Crippen LogP contribution in [-0.2, 0) is 19.7 Å². The molecule has 138 valence electrons. The molecule has 0 fully saturated rings. The monoisotopic (exact) mass is 347 g/mol. The van der Waals surface area contributed by atoms with Crippen LogP contribution in [0.1, 0.15) is 45.7 Å². The number of esters is 1. The van der Waals surface area contributed by atoms with Gasteiger partial charge >= 0.3 is 12.1 Å². The molecule has 5 heteroatoms. The predicted molar refractivity (Wildman–Crippen MR) is 99.4 cm³/mol. The fraction of sp³-hybridized carbons (Fsp3) is 0.500. The van der Waals surface area contributed by atoms with Crippen molar-refractivity contribution >= 4 is 18.1 Å². The van der Waals surface area contributed by atoms with Gasteiger partial charge in [0.05, 0.1) is 7.11 Å². The first-order valence-electron chi connectivity index (χ1n) is 8.20. The molecule has 0 bridgehead atoms. The standard InChI is InChI=1S/C20H29NO4/c1-9-14-10-12-15(13-11-14)20(5,6)16(17(22)24-8)21(7)18(23)25-19(2,3)4/h9-13,16H,1H2,2-8H3/t16-/m1/s1. The van der Waals surface area contributed by atoms with Crippen molar-refractivity contribution in [1.29, 1.82) is 0 Å². The van der Waals surface area contributed by atoms with E-state index >= 15 is 0 Å². The van der Waals surface area contributed by atoms with Crippen LogP contribution in [0, 0.1) is 0 Å². The number of nitrogens with zero attached hydrogens (tertiary/aromatic N) is 1. The summed E-state index contributed by atoms with van der Waals surface area (Å²) in [6.07, 6.45) is 1.18.